The summed E-state index contributed by atoms with van der Waals surface area (Å²) in [7, 11) is 0. The van der Waals surface area contributed by atoms with Crippen LogP contribution in [0.25, 0.3) is 33.5 Å². The van der Waals surface area contributed by atoms with Crippen LogP contribution in [0.3, 0.4) is 0 Å². The van der Waals surface area contributed by atoms with Gasteiger partial charge in [0, 0.05) is 17.1 Å². The highest BCUT2D eigenvalue weighted by molar-refractivity contribution is 6.05. The van der Waals surface area contributed by atoms with Gasteiger partial charge in [-0.2, -0.15) is 0 Å². The monoisotopic (exact) mass is 398 g/mol. The van der Waals surface area contributed by atoms with Crippen LogP contribution < -0.4 is 10.9 Å². The largest absolute Gasteiger partial charge is 0.507 e. The van der Waals surface area contributed by atoms with Crippen LogP contribution in [0.4, 0.5) is 5.69 Å². The number of carbonyl (C=O) groups excluding carboxylic acids is 1. The molecule has 146 valence electrons. The van der Waals surface area contributed by atoms with Crippen LogP contribution in [-0.4, -0.2) is 16.0 Å². The predicted octanol–water partition coefficient (Wildman–Crippen LogP) is 4.56. The molecule has 0 bridgehead atoms. The average molecular weight is 398 g/mol. The molecule has 5 aromatic rings. The van der Waals surface area contributed by atoms with E-state index in [1.807, 2.05) is 18.2 Å². The summed E-state index contributed by atoms with van der Waals surface area (Å²) < 4.78 is 10.9. The van der Waals surface area contributed by atoms with Gasteiger partial charge in [0.25, 0.3) is 5.91 Å². The third-order valence-corrected chi connectivity index (χ3v) is 4.67. The molecule has 0 unspecified atom stereocenters. The van der Waals surface area contributed by atoms with E-state index in [1.54, 1.807) is 42.5 Å². The summed E-state index contributed by atoms with van der Waals surface area (Å²) in [6.45, 7) is 0. The van der Waals surface area contributed by atoms with Gasteiger partial charge >= 0.3 is 5.63 Å². The maximum absolute atomic E-state index is 12.6. The van der Waals surface area contributed by atoms with Gasteiger partial charge in [-0.1, -0.05) is 30.3 Å². The lowest BCUT2D eigenvalue weighted by Gasteiger charge is -2.07. The van der Waals surface area contributed by atoms with Gasteiger partial charge in [0.05, 0.1) is 5.56 Å². The number of para-hydroxylation sites is 3. The van der Waals surface area contributed by atoms with E-state index in [0.717, 1.165) is 0 Å². The second-order valence-corrected chi connectivity index (χ2v) is 6.66. The number of rotatable bonds is 3. The Kier molecular flexibility index (Phi) is 4.07. The number of nitrogens with one attached hydrogen (secondary N) is 1. The Balaban J connectivity index is 1.44. The number of hydrogen-bond acceptors (Lipinski definition) is 6. The molecule has 2 heterocycles. The smallest absolute Gasteiger partial charge is 0.349 e. The molecule has 30 heavy (non-hydrogen) atoms. The van der Waals surface area contributed by atoms with Crippen LogP contribution in [0.15, 0.2) is 86.4 Å². The van der Waals surface area contributed by atoms with Crippen LogP contribution >= 0.6 is 0 Å². The maximum Gasteiger partial charge on any atom is 0.349 e. The number of aromatic nitrogens is 1. The fourth-order valence-corrected chi connectivity index (χ4v) is 3.20. The summed E-state index contributed by atoms with van der Waals surface area (Å²) in [5.74, 6) is -0.491. The number of anilines is 1. The minimum Gasteiger partial charge on any atom is -0.507 e. The third kappa shape index (κ3) is 3.08. The van der Waals surface area contributed by atoms with E-state index >= 15 is 0 Å². The topological polar surface area (TPSA) is 106 Å². The number of nitrogens with zero attached hydrogens (tertiary/aromatic N) is 1. The lowest BCUT2D eigenvalue weighted by Crippen LogP contribution is -2.20. The van der Waals surface area contributed by atoms with E-state index in [-0.39, 0.29) is 17.2 Å². The van der Waals surface area contributed by atoms with Gasteiger partial charge in [-0.05, 0) is 36.4 Å². The predicted molar refractivity (Wildman–Crippen MR) is 112 cm³/mol. The number of fused-ring (bicyclic) bond motifs is 2. The van der Waals surface area contributed by atoms with Crippen LogP contribution in [0, 0.1) is 0 Å². The maximum atomic E-state index is 12.6. The van der Waals surface area contributed by atoms with E-state index in [4.69, 9.17) is 8.83 Å². The summed E-state index contributed by atoms with van der Waals surface area (Å²) in [5, 5.41) is 13.7. The Hall–Kier alpha value is -4.39. The van der Waals surface area contributed by atoms with Crippen molar-refractivity contribution in [3.8, 4) is 17.2 Å². The number of benzene rings is 3. The molecule has 0 aliphatic carbocycles. The van der Waals surface area contributed by atoms with Crippen molar-refractivity contribution >= 4 is 33.7 Å². The quantitative estimate of drug-likeness (QED) is 0.432. The Morgan fingerprint density at radius 2 is 1.67 bits per heavy atom. The summed E-state index contributed by atoms with van der Waals surface area (Å²) in [6.07, 6.45) is 0. The summed E-state index contributed by atoms with van der Waals surface area (Å²) >= 11 is 0. The van der Waals surface area contributed by atoms with E-state index in [9.17, 15) is 14.7 Å². The zero-order valence-corrected chi connectivity index (χ0v) is 15.5. The number of amides is 1. The Morgan fingerprint density at radius 3 is 2.47 bits per heavy atom. The number of phenols is 1. The standard InChI is InChI=1S/C23H14N2O5/c26-18-12-14(9-10-15(18)22-25-17-6-2-4-8-20(17)29-22)24-21(27)16-11-13-5-1-3-7-19(13)30-23(16)28/h1-12,26H,(H,24,27). The Labute approximate surface area is 169 Å². The van der Waals surface area contributed by atoms with Crippen LogP contribution in [-0.2, 0) is 0 Å². The number of aromatic hydroxyl groups is 1. The number of hydrogen-bond donors (Lipinski definition) is 2. The molecular formula is C23H14N2O5. The van der Waals surface area contributed by atoms with Gasteiger partial charge in [0.1, 0.15) is 22.4 Å². The average Bonchev–Trinajstić information content (AvgIpc) is 3.17. The minimum absolute atomic E-state index is 0.120. The van der Waals surface area contributed by atoms with Gasteiger partial charge in [0.2, 0.25) is 5.89 Å². The van der Waals surface area contributed by atoms with E-state index in [2.05, 4.69) is 10.3 Å². The molecule has 0 saturated heterocycles. The van der Waals surface area contributed by atoms with Gasteiger partial charge < -0.3 is 19.3 Å². The highest BCUT2D eigenvalue weighted by Gasteiger charge is 2.16. The molecule has 0 spiro atoms. The molecule has 0 atom stereocenters. The van der Waals surface area contributed by atoms with Gasteiger partial charge in [-0.25, -0.2) is 9.78 Å². The normalized spacial score (nSPS) is 11.1. The molecule has 1 amide bonds. The van der Waals surface area contributed by atoms with Crippen molar-refractivity contribution in [2.24, 2.45) is 0 Å². The first kappa shape index (κ1) is 17.7. The molecule has 7 heteroatoms. The second kappa shape index (κ2) is 6.89. The van der Waals surface area contributed by atoms with Crippen molar-refractivity contribution in [3.05, 3.63) is 88.8 Å². The Bertz CT molecular complexity index is 1450. The summed E-state index contributed by atoms with van der Waals surface area (Å²) in [4.78, 5) is 29.1. The van der Waals surface area contributed by atoms with Crippen molar-refractivity contribution in [2.45, 2.75) is 0 Å². The van der Waals surface area contributed by atoms with Crippen molar-refractivity contribution in [2.75, 3.05) is 5.32 Å². The first-order valence-corrected chi connectivity index (χ1v) is 9.12. The van der Waals surface area contributed by atoms with Gasteiger partial charge in [-0.15, -0.1) is 0 Å². The molecule has 0 aliphatic rings. The molecule has 0 radical (unpaired) electrons. The molecule has 2 N–H and O–H groups in total. The molecule has 0 aliphatic heterocycles. The zero-order valence-electron chi connectivity index (χ0n) is 15.5. The van der Waals surface area contributed by atoms with Crippen molar-refractivity contribution in [1.82, 2.24) is 4.98 Å². The zero-order chi connectivity index (χ0) is 20.7. The first-order valence-electron chi connectivity index (χ1n) is 9.12. The molecule has 3 aromatic carbocycles. The van der Waals surface area contributed by atoms with Crippen molar-refractivity contribution in [3.63, 3.8) is 0 Å². The van der Waals surface area contributed by atoms with E-state index < -0.39 is 11.5 Å². The highest BCUT2D eigenvalue weighted by atomic mass is 16.4. The van der Waals surface area contributed by atoms with E-state index in [0.29, 0.717) is 33.3 Å². The molecule has 0 fully saturated rings. The number of carbonyl (C=O) groups is 1. The summed E-state index contributed by atoms with van der Waals surface area (Å²) in [5.41, 5.74) is 1.51. The third-order valence-electron chi connectivity index (χ3n) is 4.67. The highest BCUT2D eigenvalue weighted by Crippen LogP contribution is 2.33. The number of phenolic OH excluding ortho intramolecular Hbond substituents is 1. The van der Waals surface area contributed by atoms with Crippen LogP contribution in [0.5, 0.6) is 5.75 Å². The van der Waals surface area contributed by atoms with Crippen molar-refractivity contribution in [1.29, 1.82) is 0 Å². The molecule has 0 saturated carbocycles. The van der Waals surface area contributed by atoms with Gasteiger partial charge in [0.15, 0.2) is 5.58 Å². The molecular weight excluding hydrogens is 384 g/mol. The molecule has 2 aromatic heterocycles. The molecule has 7 nitrogen and oxygen atoms in total. The van der Waals surface area contributed by atoms with E-state index in [1.165, 1.54) is 12.1 Å². The SMILES string of the molecule is O=C(Nc1ccc(-c2nc3ccccc3o2)c(O)c1)c1cc2ccccc2oc1=O. The van der Waals surface area contributed by atoms with Crippen LogP contribution in [0.1, 0.15) is 10.4 Å². The lowest BCUT2D eigenvalue weighted by molar-refractivity contribution is 0.102. The summed E-state index contributed by atoms with van der Waals surface area (Å²) in [6, 6.07) is 20.2. The fraction of sp³-hybridized carbons (Fsp3) is 0. The molecule has 5 rings (SSSR count). The van der Waals surface area contributed by atoms with Crippen molar-refractivity contribution < 1.29 is 18.7 Å². The van der Waals surface area contributed by atoms with Crippen LogP contribution in [0.2, 0.25) is 0 Å². The fourth-order valence-electron chi connectivity index (χ4n) is 3.20. The Morgan fingerprint density at radius 1 is 0.900 bits per heavy atom. The minimum atomic E-state index is -0.737. The van der Waals surface area contributed by atoms with Gasteiger partial charge in [-0.3, -0.25) is 4.79 Å². The lowest BCUT2D eigenvalue weighted by atomic mass is 10.1. The second-order valence-electron chi connectivity index (χ2n) is 6.66. The first-order chi connectivity index (χ1) is 14.6. The number of oxazole rings is 1.